The summed E-state index contributed by atoms with van der Waals surface area (Å²) in [5.41, 5.74) is 8.28. The number of rotatable bonds is 5. The number of nitrogens with two attached hydrogens (primary N) is 1. The van der Waals surface area contributed by atoms with Crippen molar-refractivity contribution in [2.45, 2.75) is 31.8 Å². The highest BCUT2D eigenvalue weighted by Gasteiger charge is 2.26. The lowest BCUT2D eigenvalue weighted by atomic mass is 9.92. The van der Waals surface area contributed by atoms with Gasteiger partial charge in [0, 0.05) is 16.8 Å². The SMILES string of the molecule is NC(=O)c1ccc(C(=O)NC2CCCc3c2cnn3Cc2ccccc2)c(F)c1. The number of nitrogens with one attached hydrogen (secondary N) is 1. The Labute approximate surface area is 167 Å². The summed E-state index contributed by atoms with van der Waals surface area (Å²) in [6.07, 6.45) is 4.34. The summed E-state index contributed by atoms with van der Waals surface area (Å²) >= 11 is 0. The summed E-state index contributed by atoms with van der Waals surface area (Å²) in [4.78, 5) is 23.8. The van der Waals surface area contributed by atoms with E-state index in [4.69, 9.17) is 5.73 Å². The number of carbonyl (C=O) groups is 2. The number of fused-ring (bicyclic) bond motifs is 1. The lowest BCUT2D eigenvalue weighted by molar-refractivity contribution is 0.0926. The molecule has 148 valence electrons. The van der Waals surface area contributed by atoms with Gasteiger partial charge >= 0.3 is 0 Å². The Morgan fingerprint density at radius 3 is 2.72 bits per heavy atom. The molecule has 0 fully saturated rings. The predicted octanol–water partition coefficient (Wildman–Crippen LogP) is 2.98. The number of nitrogens with zero attached hydrogens (tertiary/aromatic N) is 2. The van der Waals surface area contributed by atoms with Crippen molar-refractivity contribution in [3.63, 3.8) is 0 Å². The molecule has 6 nitrogen and oxygen atoms in total. The summed E-state index contributed by atoms with van der Waals surface area (Å²) in [5.74, 6) is -2.03. The fraction of sp³-hybridized carbons (Fsp3) is 0.227. The van der Waals surface area contributed by atoms with E-state index in [2.05, 4.69) is 22.5 Å². The Balaban J connectivity index is 1.53. The first kappa shape index (κ1) is 18.9. The van der Waals surface area contributed by atoms with Crippen LogP contribution in [0.1, 0.15) is 56.4 Å². The van der Waals surface area contributed by atoms with Gasteiger partial charge in [-0.3, -0.25) is 14.3 Å². The van der Waals surface area contributed by atoms with Crippen LogP contribution in [0.4, 0.5) is 4.39 Å². The average Bonchev–Trinajstić information content (AvgIpc) is 3.12. The molecule has 0 radical (unpaired) electrons. The number of hydrogen-bond acceptors (Lipinski definition) is 3. The Morgan fingerprint density at radius 1 is 1.21 bits per heavy atom. The van der Waals surface area contributed by atoms with Gasteiger partial charge < -0.3 is 11.1 Å². The van der Waals surface area contributed by atoms with Gasteiger partial charge in [-0.15, -0.1) is 0 Å². The van der Waals surface area contributed by atoms with Gasteiger partial charge in [0.15, 0.2) is 0 Å². The Bertz CT molecular complexity index is 1060. The molecule has 2 amide bonds. The van der Waals surface area contributed by atoms with Gasteiger partial charge in [-0.25, -0.2) is 4.39 Å². The Kier molecular flexibility index (Phi) is 5.12. The molecule has 0 aliphatic heterocycles. The summed E-state index contributed by atoms with van der Waals surface area (Å²) in [6.45, 7) is 0.667. The number of aromatic nitrogens is 2. The van der Waals surface area contributed by atoms with Crippen LogP contribution >= 0.6 is 0 Å². The standard InChI is InChI=1S/C22H21FN4O2/c23-18-11-15(21(24)28)9-10-16(18)22(29)26-19-7-4-8-20-17(19)12-25-27(20)13-14-5-2-1-3-6-14/h1-3,5-6,9-12,19H,4,7-8,13H2,(H2,24,28)(H,26,29). The molecule has 3 N–H and O–H groups in total. The topological polar surface area (TPSA) is 90.0 Å². The van der Waals surface area contributed by atoms with E-state index in [0.29, 0.717) is 6.54 Å². The zero-order chi connectivity index (χ0) is 20.4. The van der Waals surface area contributed by atoms with E-state index in [0.717, 1.165) is 42.1 Å². The number of carbonyl (C=O) groups excluding carboxylic acids is 2. The van der Waals surface area contributed by atoms with E-state index in [1.165, 1.54) is 12.1 Å². The molecule has 4 rings (SSSR count). The first-order chi connectivity index (χ1) is 14.0. The molecule has 3 aromatic rings. The molecular weight excluding hydrogens is 371 g/mol. The largest absolute Gasteiger partial charge is 0.366 e. The summed E-state index contributed by atoms with van der Waals surface area (Å²) in [7, 11) is 0. The molecule has 29 heavy (non-hydrogen) atoms. The number of hydrogen-bond donors (Lipinski definition) is 2. The minimum atomic E-state index is -0.769. The van der Waals surface area contributed by atoms with Gasteiger partial charge in [0.05, 0.1) is 24.3 Å². The van der Waals surface area contributed by atoms with Crippen molar-refractivity contribution < 1.29 is 14.0 Å². The van der Waals surface area contributed by atoms with Crippen LogP contribution in [0.15, 0.2) is 54.7 Å². The average molecular weight is 392 g/mol. The maximum atomic E-state index is 14.3. The van der Waals surface area contributed by atoms with Crippen LogP contribution in [-0.4, -0.2) is 21.6 Å². The number of benzene rings is 2. The lowest BCUT2D eigenvalue weighted by Gasteiger charge is -2.24. The molecule has 1 aliphatic rings. The molecule has 0 spiro atoms. The fourth-order valence-corrected chi connectivity index (χ4v) is 3.75. The van der Waals surface area contributed by atoms with Crippen molar-refractivity contribution in [3.05, 3.63) is 88.5 Å². The third kappa shape index (κ3) is 3.89. The number of halogens is 1. The second-order valence-corrected chi connectivity index (χ2v) is 7.17. The van der Waals surface area contributed by atoms with Gasteiger partial charge in [-0.2, -0.15) is 5.10 Å². The molecule has 1 aliphatic carbocycles. The van der Waals surface area contributed by atoms with Crippen molar-refractivity contribution in [2.24, 2.45) is 5.73 Å². The van der Waals surface area contributed by atoms with Crippen LogP contribution in [0.25, 0.3) is 0 Å². The maximum absolute atomic E-state index is 14.3. The van der Waals surface area contributed by atoms with Gasteiger partial charge in [-0.05, 0) is 43.0 Å². The maximum Gasteiger partial charge on any atom is 0.254 e. The molecule has 2 aromatic carbocycles. The van der Waals surface area contributed by atoms with Crippen LogP contribution in [0.5, 0.6) is 0 Å². The molecule has 7 heteroatoms. The van der Waals surface area contributed by atoms with Crippen LogP contribution < -0.4 is 11.1 Å². The normalized spacial score (nSPS) is 15.6. The van der Waals surface area contributed by atoms with E-state index in [-0.39, 0.29) is 17.2 Å². The van der Waals surface area contributed by atoms with Crippen LogP contribution in [0, 0.1) is 5.82 Å². The van der Waals surface area contributed by atoms with Crippen LogP contribution in [0.2, 0.25) is 0 Å². The quantitative estimate of drug-likeness (QED) is 0.699. The van der Waals surface area contributed by atoms with Gasteiger partial charge in [0.1, 0.15) is 5.82 Å². The van der Waals surface area contributed by atoms with Gasteiger partial charge in [0.25, 0.3) is 5.91 Å². The van der Waals surface area contributed by atoms with Crippen molar-refractivity contribution in [1.29, 1.82) is 0 Å². The van der Waals surface area contributed by atoms with Gasteiger partial charge in [0.2, 0.25) is 5.91 Å². The van der Waals surface area contributed by atoms with Crippen LogP contribution in [-0.2, 0) is 13.0 Å². The molecule has 1 heterocycles. The zero-order valence-corrected chi connectivity index (χ0v) is 15.8. The van der Waals surface area contributed by atoms with E-state index < -0.39 is 17.6 Å². The lowest BCUT2D eigenvalue weighted by Crippen LogP contribution is -2.31. The number of primary amides is 1. The summed E-state index contributed by atoms with van der Waals surface area (Å²) < 4.78 is 16.2. The highest BCUT2D eigenvalue weighted by Crippen LogP contribution is 2.30. The van der Waals surface area contributed by atoms with Crippen molar-refractivity contribution in [1.82, 2.24) is 15.1 Å². The van der Waals surface area contributed by atoms with E-state index >= 15 is 0 Å². The third-order valence-electron chi connectivity index (χ3n) is 5.24. The number of amides is 2. The first-order valence-electron chi connectivity index (χ1n) is 9.51. The van der Waals surface area contributed by atoms with Crippen LogP contribution in [0.3, 0.4) is 0 Å². The molecular formula is C22H21FN4O2. The smallest absolute Gasteiger partial charge is 0.254 e. The fourth-order valence-electron chi connectivity index (χ4n) is 3.75. The second-order valence-electron chi connectivity index (χ2n) is 7.17. The predicted molar refractivity (Wildman–Crippen MR) is 106 cm³/mol. The van der Waals surface area contributed by atoms with Crippen molar-refractivity contribution in [3.8, 4) is 0 Å². The Hall–Kier alpha value is -3.48. The minimum absolute atomic E-state index is 0.0289. The van der Waals surface area contributed by atoms with Gasteiger partial charge in [-0.1, -0.05) is 30.3 Å². The van der Waals surface area contributed by atoms with Crippen molar-refractivity contribution >= 4 is 11.8 Å². The summed E-state index contributed by atoms with van der Waals surface area (Å²) in [5, 5.41) is 7.42. The monoisotopic (exact) mass is 392 g/mol. The molecule has 0 saturated carbocycles. The highest BCUT2D eigenvalue weighted by atomic mass is 19.1. The van der Waals surface area contributed by atoms with E-state index in [1.807, 2.05) is 22.9 Å². The first-order valence-corrected chi connectivity index (χ1v) is 9.51. The Morgan fingerprint density at radius 2 is 2.00 bits per heavy atom. The minimum Gasteiger partial charge on any atom is -0.366 e. The molecule has 1 unspecified atom stereocenters. The van der Waals surface area contributed by atoms with E-state index in [9.17, 15) is 14.0 Å². The zero-order valence-electron chi connectivity index (χ0n) is 15.8. The molecule has 0 bridgehead atoms. The molecule has 1 atom stereocenters. The second kappa shape index (κ2) is 7.87. The van der Waals surface area contributed by atoms with Crippen molar-refractivity contribution in [2.75, 3.05) is 0 Å². The molecule has 0 saturated heterocycles. The summed E-state index contributed by atoms with van der Waals surface area (Å²) in [6, 6.07) is 13.5. The third-order valence-corrected chi connectivity index (χ3v) is 5.24. The molecule has 1 aromatic heterocycles. The highest BCUT2D eigenvalue weighted by molar-refractivity contribution is 5.97. The van der Waals surface area contributed by atoms with E-state index in [1.54, 1.807) is 6.20 Å².